The molecule has 2 N–H and O–H groups in total. The van der Waals surface area contributed by atoms with E-state index >= 15 is 0 Å². The Labute approximate surface area is 157 Å². The number of benzene rings is 2. The number of nitrogens with one attached hydrogen (secondary N) is 2. The Kier molecular flexibility index (Phi) is 5.39. The van der Waals surface area contributed by atoms with E-state index in [0.717, 1.165) is 11.3 Å². The van der Waals surface area contributed by atoms with Gasteiger partial charge >= 0.3 is 0 Å². The van der Waals surface area contributed by atoms with Crippen LogP contribution in [-0.2, 0) is 0 Å². The lowest BCUT2D eigenvalue weighted by molar-refractivity contribution is 0.102. The van der Waals surface area contributed by atoms with Crippen molar-refractivity contribution < 1.29 is 9.53 Å². The van der Waals surface area contributed by atoms with Crippen molar-refractivity contribution in [2.75, 3.05) is 17.7 Å². The molecule has 1 amide bonds. The van der Waals surface area contributed by atoms with Crippen LogP contribution in [0.25, 0.3) is 0 Å². The van der Waals surface area contributed by atoms with Gasteiger partial charge in [-0.15, -0.1) is 0 Å². The predicted molar refractivity (Wildman–Crippen MR) is 105 cm³/mol. The lowest BCUT2D eigenvalue weighted by Gasteiger charge is -2.12. The third-order valence-corrected chi connectivity index (χ3v) is 4.07. The Morgan fingerprint density at radius 2 is 1.88 bits per heavy atom. The smallest absolute Gasteiger partial charge is 0.255 e. The first-order chi connectivity index (χ1) is 12.6. The molecule has 3 aromatic rings. The number of amides is 1. The standard InChI is InChI=1S/C20H18ClN3O2/c1-13-5-3-4-6-16(13)23-19-11-14(9-10-22-19)20(25)24-17-12-15(21)7-8-18(17)26-2/h3-12H,1-2H3,(H,22,23)(H,24,25). The van der Waals surface area contributed by atoms with Crippen molar-refractivity contribution in [3.05, 3.63) is 76.9 Å². The van der Waals surface area contributed by atoms with Gasteiger partial charge in [0.15, 0.2) is 0 Å². The van der Waals surface area contributed by atoms with Crippen LogP contribution in [0.15, 0.2) is 60.8 Å². The number of para-hydroxylation sites is 1. The van der Waals surface area contributed by atoms with Crippen molar-refractivity contribution in [3.8, 4) is 5.75 Å². The molecule has 0 bridgehead atoms. The number of anilines is 3. The van der Waals surface area contributed by atoms with Gasteiger partial charge in [0, 0.05) is 22.5 Å². The number of pyridine rings is 1. The highest BCUT2D eigenvalue weighted by atomic mass is 35.5. The van der Waals surface area contributed by atoms with E-state index in [4.69, 9.17) is 16.3 Å². The van der Waals surface area contributed by atoms with Gasteiger partial charge in [0.05, 0.1) is 12.8 Å². The van der Waals surface area contributed by atoms with E-state index in [-0.39, 0.29) is 5.91 Å². The van der Waals surface area contributed by atoms with Crippen LogP contribution in [0.2, 0.25) is 5.02 Å². The highest BCUT2D eigenvalue weighted by molar-refractivity contribution is 6.31. The van der Waals surface area contributed by atoms with Crippen LogP contribution >= 0.6 is 11.6 Å². The average molecular weight is 368 g/mol. The quantitative estimate of drug-likeness (QED) is 0.662. The highest BCUT2D eigenvalue weighted by Crippen LogP contribution is 2.28. The predicted octanol–water partition coefficient (Wildman–Crippen LogP) is 5.05. The number of aryl methyl sites for hydroxylation is 1. The Balaban J connectivity index is 1.81. The summed E-state index contributed by atoms with van der Waals surface area (Å²) in [7, 11) is 1.54. The zero-order valence-corrected chi connectivity index (χ0v) is 15.2. The lowest BCUT2D eigenvalue weighted by atomic mass is 10.2. The Bertz CT molecular complexity index is 944. The van der Waals surface area contributed by atoms with Gasteiger partial charge in [0.25, 0.3) is 5.91 Å². The van der Waals surface area contributed by atoms with Crippen LogP contribution in [0.3, 0.4) is 0 Å². The molecule has 1 heterocycles. The van der Waals surface area contributed by atoms with Crippen molar-refractivity contribution in [2.45, 2.75) is 6.92 Å². The molecule has 0 aliphatic carbocycles. The molecule has 6 heteroatoms. The molecule has 0 radical (unpaired) electrons. The summed E-state index contributed by atoms with van der Waals surface area (Å²) in [6.45, 7) is 2.00. The highest BCUT2D eigenvalue weighted by Gasteiger charge is 2.11. The average Bonchev–Trinajstić information content (AvgIpc) is 2.64. The molecule has 3 rings (SSSR count). The van der Waals surface area contributed by atoms with Gasteiger partial charge in [-0.25, -0.2) is 4.98 Å². The molecule has 0 aliphatic heterocycles. The van der Waals surface area contributed by atoms with Crippen molar-refractivity contribution in [1.82, 2.24) is 4.98 Å². The summed E-state index contributed by atoms with van der Waals surface area (Å²) in [4.78, 5) is 16.9. The SMILES string of the molecule is COc1ccc(Cl)cc1NC(=O)c1ccnc(Nc2ccccc2C)c1. The normalized spacial score (nSPS) is 10.3. The van der Waals surface area contributed by atoms with E-state index in [2.05, 4.69) is 15.6 Å². The third-order valence-electron chi connectivity index (χ3n) is 3.84. The molecular weight excluding hydrogens is 350 g/mol. The van der Waals surface area contributed by atoms with Crippen LogP contribution in [0, 0.1) is 6.92 Å². The number of rotatable bonds is 5. The zero-order chi connectivity index (χ0) is 18.5. The summed E-state index contributed by atoms with van der Waals surface area (Å²) in [5.74, 6) is 0.848. The Hall–Kier alpha value is -3.05. The summed E-state index contributed by atoms with van der Waals surface area (Å²) >= 11 is 6.01. The van der Waals surface area contributed by atoms with Gasteiger partial charge in [-0.3, -0.25) is 4.79 Å². The second-order valence-corrected chi connectivity index (χ2v) is 6.10. The first-order valence-electron chi connectivity index (χ1n) is 8.00. The van der Waals surface area contributed by atoms with Crippen LogP contribution in [0.4, 0.5) is 17.2 Å². The van der Waals surface area contributed by atoms with E-state index < -0.39 is 0 Å². The number of carbonyl (C=O) groups is 1. The molecular formula is C20H18ClN3O2. The molecule has 0 unspecified atom stereocenters. The van der Waals surface area contributed by atoms with E-state index in [1.54, 1.807) is 36.5 Å². The maximum Gasteiger partial charge on any atom is 0.255 e. The molecule has 5 nitrogen and oxygen atoms in total. The first-order valence-corrected chi connectivity index (χ1v) is 8.38. The fraction of sp³-hybridized carbons (Fsp3) is 0.100. The number of hydrogen-bond donors (Lipinski definition) is 2. The van der Waals surface area contributed by atoms with Gasteiger partial charge in [-0.05, 0) is 48.9 Å². The molecule has 0 saturated heterocycles. The molecule has 2 aromatic carbocycles. The summed E-state index contributed by atoms with van der Waals surface area (Å²) < 4.78 is 5.25. The van der Waals surface area contributed by atoms with E-state index in [9.17, 15) is 4.79 Å². The van der Waals surface area contributed by atoms with Crippen LogP contribution in [-0.4, -0.2) is 18.0 Å². The topological polar surface area (TPSA) is 63.2 Å². The summed E-state index contributed by atoms with van der Waals surface area (Å²) in [5, 5.41) is 6.55. The molecule has 0 spiro atoms. The second kappa shape index (κ2) is 7.89. The van der Waals surface area contributed by atoms with E-state index in [1.165, 1.54) is 7.11 Å². The molecule has 26 heavy (non-hydrogen) atoms. The van der Waals surface area contributed by atoms with E-state index in [1.807, 2.05) is 31.2 Å². The van der Waals surface area contributed by atoms with Crippen LogP contribution in [0.1, 0.15) is 15.9 Å². The van der Waals surface area contributed by atoms with Crippen molar-refractivity contribution in [1.29, 1.82) is 0 Å². The van der Waals surface area contributed by atoms with Gasteiger partial charge in [-0.1, -0.05) is 29.8 Å². The molecule has 0 atom stereocenters. The summed E-state index contributed by atoms with van der Waals surface area (Å²) in [6, 6.07) is 16.3. The zero-order valence-electron chi connectivity index (χ0n) is 14.4. The molecule has 0 aliphatic rings. The number of aromatic nitrogens is 1. The summed E-state index contributed by atoms with van der Waals surface area (Å²) in [5.41, 5.74) is 3.01. The van der Waals surface area contributed by atoms with Gasteiger partial charge in [0.1, 0.15) is 11.6 Å². The van der Waals surface area contributed by atoms with Gasteiger partial charge in [-0.2, -0.15) is 0 Å². The molecule has 0 saturated carbocycles. The van der Waals surface area contributed by atoms with Crippen molar-refractivity contribution in [3.63, 3.8) is 0 Å². The molecule has 132 valence electrons. The third kappa shape index (κ3) is 4.13. The maximum absolute atomic E-state index is 12.6. The van der Waals surface area contributed by atoms with Crippen LogP contribution < -0.4 is 15.4 Å². The fourth-order valence-corrected chi connectivity index (χ4v) is 2.64. The monoisotopic (exact) mass is 367 g/mol. The first kappa shape index (κ1) is 17.8. The minimum absolute atomic E-state index is 0.277. The largest absolute Gasteiger partial charge is 0.495 e. The van der Waals surface area contributed by atoms with Gasteiger partial charge in [0.2, 0.25) is 0 Å². The van der Waals surface area contributed by atoms with Crippen molar-refractivity contribution >= 4 is 34.7 Å². The van der Waals surface area contributed by atoms with Gasteiger partial charge < -0.3 is 15.4 Å². The molecule has 0 fully saturated rings. The van der Waals surface area contributed by atoms with E-state index in [0.29, 0.717) is 27.8 Å². The fourth-order valence-electron chi connectivity index (χ4n) is 2.46. The molecule has 1 aromatic heterocycles. The second-order valence-electron chi connectivity index (χ2n) is 5.67. The number of hydrogen-bond acceptors (Lipinski definition) is 4. The maximum atomic E-state index is 12.6. The number of halogens is 1. The summed E-state index contributed by atoms with van der Waals surface area (Å²) in [6.07, 6.45) is 1.59. The number of ether oxygens (including phenoxy) is 1. The number of methoxy groups -OCH3 is 1. The Morgan fingerprint density at radius 1 is 1.08 bits per heavy atom. The number of carbonyl (C=O) groups excluding carboxylic acids is 1. The van der Waals surface area contributed by atoms with Crippen LogP contribution in [0.5, 0.6) is 5.75 Å². The Morgan fingerprint density at radius 3 is 2.65 bits per heavy atom. The van der Waals surface area contributed by atoms with Crippen molar-refractivity contribution in [2.24, 2.45) is 0 Å². The minimum atomic E-state index is -0.277. The number of nitrogens with zero attached hydrogens (tertiary/aromatic N) is 1. The minimum Gasteiger partial charge on any atom is -0.495 e. The lowest BCUT2D eigenvalue weighted by Crippen LogP contribution is -2.13.